The summed E-state index contributed by atoms with van der Waals surface area (Å²) in [6.45, 7) is 0.182. The molecule has 2 amide bonds. The second-order valence-electron chi connectivity index (χ2n) is 7.43. The van der Waals surface area contributed by atoms with Gasteiger partial charge in [-0.3, -0.25) is 23.9 Å². The molecule has 164 valence electrons. The van der Waals surface area contributed by atoms with Gasteiger partial charge in [-0.1, -0.05) is 53.5 Å². The van der Waals surface area contributed by atoms with E-state index in [1.807, 2.05) is 30.3 Å². The molecule has 3 aromatic rings. The van der Waals surface area contributed by atoms with Gasteiger partial charge in [-0.15, -0.1) is 0 Å². The summed E-state index contributed by atoms with van der Waals surface area (Å²) in [6, 6.07) is 13.8. The third-order valence-corrected chi connectivity index (χ3v) is 5.92. The Bertz CT molecular complexity index is 1320. The lowest BCUT2D eigenvalue weighted by Crippen LogP contribution is -2.42. The highest BCUT2D eigenvalue weighted by Crippen LogP contribution is 2.27. The third-order valence-electron chi connectivity index (χ3n) is 5.18. The first kappa shape index (κ1) is 21.9. The molecule has 3 N–H and O–H groups in total. The van der Waals surface area contributed by atoms with Crippen LogP contribution in [-0.2, 0) is 22.6 Å². The lowest BCUT2D eigenvalue weighted by molar-refractivity contribution is -0.125. The zero-order valence-electron chi connectivity index (χ0n) is 16.7. The Balaban J connectivity index is 1.55. The summed E-state index contributed by atoms with van der Waals surface area (Å²) in [4.78, 5) is 52.3. The first-order valence-electron chi connectivity index (χ1n) is 9.77. The van der Waals surface area contributed by atoms with Gasteiger partial charge in [0.15, 0.2) is 0 Å². The highest BCUT2D eigenvalue weighted by atomic mass is 35.5. The van der Waals surface area contributed by atoms with E-state index in [0.717, 1.165) is 5.56 Å². The molecule has 1 atom stereocenters. The van der Waals surface area contributed by atoms with E-state index >= 15 is 0 Å². The van der Waals surface area contributed by atoms with Crippen LogP contribution in [0.2, 0.25) is 10.0 Å². The number of hydrogen-bond acceptors (Lipinski definition) is 4. The van der Waals surface area contributed by atoms with Crippen LogP contribution in [0.15, 0.2) is 58.1 Å². The van der Waals surface area contributed by atoms with E-state index in [9.17, 15) is 19.2 Å². The van der Waals surface area contributed by atoms with Crippen molar-refractivity contribution in [3.05, 3.63) is 90.5 Å². The molecule has 32 heavy (non-hydrogen) atoms. The van der Waals surface area contributed by atoms with Gasteiger partial charge in [0.05, 0.1) is 28.1 Å². The maximum Gasteiger partial charge on any atom is 0.330 e. The number of nitrogens with one attached hydrogen (secondary N) is 3. The number of amides is 2. The van der Waals surface area contributed by atoms with E-state index in [0.29, 0.717) is 10.7 Å². The fraction of sp³-hybridized carbons (Fsp3) is 0.182. The Morgan fingerprint density at radius 1 is 1.06 bits per heavy atom. The Kier molecular flexibility index (Phi) is 6.16. The van der Waals surface area contributed by atoms with Crippen molar-refractivity contribution in [2.75, 3.05) is 10.6 Å². The summed E-state index contributed by atoms with van der Waals surface area (Å²) in [7, 11) is 0. The smallest absolute Gasteiger partial charge is 0.326 e. The van der Waals surface area contributed by atoms with Crippen LogP contribution in [-0.4, -0.2) is 21.4 Å². The van der Waals surface area contributed by atoms with Crippen LogP contribution in [0.1, 0.15) is 17.5 Å². The first-order valence-corrected chi connectivity index (χ1v) is 10.5. The number of H-pyrrole nitrogens is 1. The fourth-order valence-corrected chi connectivity index (χ4v) is 3.89. The molecule has 2 aromatic carbocycles. The monoisotopic (exact) mass is 472 g/mol. The zero-order chi connectivity index (χ0) is 22.8. The maximum atomic E-state index is 12.7. The van der Waals surface area contributed by atoms with E-state index < -0.39 is 29.0 Å². The van der Waals surface area contributed by atoms with Crippen molar-refractivity contribution >= 4 is 46.5 Å². The van der Waals surface area contributed by atoms with E-state index in [2.05, 4.69) is 15.6 Å². The molecular weight excluding hydrogens is 455 g/mol. The number of carbonyl (C=O) groups excluding carboxylic acids is 2. The molecule has 0 aliphatic carbocycles. The number of benzene rings is 2. The minimum atomic E-state index is -0.769. The summed E-state index contributed by atoms with van der Waals surface area (Å²) in [5.74, 6) is -1.46. The Morgan fingerprint density at radius 2 is 1.81 bits per heavy atom. The van der Waals surface area contributed by atoms with Crippen LogP contribution < -0.4 is 21.9 Å². The quantitative estimate of drug-likeness (QED) is 0.529. The molecule has 4 rings (SSSR count). The number of hydrogen-bond donors (Lipinski definition) is 3. The highest BCUT2D eigenvalue weighted by Gasteiger charge is 2.32. The van der Waals surface area contributed by atoms with E-state index in [1.54, 1.807) is 12.1 Å². The van der Waals surface area contributed by atoms with Gasteiger partial charge < -0.3 is 10.6 Å². The number of nitrogens with zero attached hydrogens (tertiary/aromatic N) is 1. The minimum Gasteiger partial charge on any atom is -0.326 e. The average molecular weight is 473 g/mol. The molecule has 0 saturated carbocycles. The minimum absolute atomic E-state index is 0.0281. The lowest BCUT2D eigenvalue weighted by atomic mass is 9.92. The molecule has 1 aromatic heterocycles. The van der Waals surface area contributed by atoms with Crippen LogP contribution >= 0.6 is 23.2 Å². The molecule has 0 spiro atoms. The third kappa shape index (κ3) is 4.61. The predicted molar refractivity (Wildman–Crippen MR) is 122 cm³/mol. The molecule has 10 heteroatoms. The molecule has 0 fully saturated rings. The second kappa shape index (κ2) is 9.02. The predicted octanol–water partition coefficient (Wildman–Crippen LogP) is 3.03. The van der Waals surface area contributed by atoms with Crippen molar-refractivity contribution in [1.29, 1.82) is 0 Å². The SMILES string of the molecule is O=C(C[C@@H]1Cc2c(n(Cc3ccccc3)c(=O)[nH]c2=O)NC1=O)Nc1ccc(Cl)c(Cl)c1. The normalized spacial score (nSPS) is 15.1. The molecular formula is C22H18Cl2N4O4. The molecule has 8 nitrogen and oxygen atoms in total. The largest absolute Gasteiger partial charge is 0.330 e. The van der Waals surface area contributed by atoms with Crippen molar-refractivity contribution in [1.82, 2.24) is 9.55 Å². The first-order chi connectivity index (χ1) is 15.3. The van der Waals surface area contributed by atoms with E-state index in [1.165, 1.54) is 10.6 Å². The number of halogens is 2. The van der Waals surface area contributed by atoms with Crippen molar-refractivity contribution in [2.24, 2.45) is 5.92 Å². The van der Waals surface area contributed by atoms with Crippen LogP contribution in [0.25, 0.3) is 0 Å². The fourth-order valence-electron chi connectivity index (χ4n) is 3.59. The molecule has 0 saturated heterocycles. The van der Waals surface area contributed by atoms with Gasteiger partial charge in [-0.05, 0) is 30.2 Å². The molecule has 1 aliphatic heterocycles. The van der Waals surface area contributed by atoms with Crippen LogP contribution in [0.5, 0.6) is 0 Å². The summed E-state index contributed by atoms with van der Waals surface area (Å²) >= 11 is 11.8. The molecule has 0 unspecified atom stereocenters. The number of anilines is 2. The number of fused-ring (bicyclic) bond motifs is 1. The van der Waals surface area contributed by atoms with Gasteiger partial charge in [-0.2, -0.15) is 0 Å². The van der Waals surface area contributed by atoms with Crippen molar-refractivity contribution in [3.63, 3.8) is 0 Å². The number of aromatic nitrogens is 2. The van der Waals surface area contributed by atoms with Gasteiger partial charge >= 0.3 is 5.69 Å². The number of carbonyl (C=O) groups is 2. The topological polar surface area (TPSA) is 113 Å². The van der Waals surface area contributed by atoms with Crippen LogP contribution in [0.4, 0.5) is 11.5 Å². The zero-order valence-corrected chi connectivity index (χ0v) is 18.2. The summed E-state index contributed by atoms with van der Waals surface area (Å²) in [5.41, 5.74) is 0.335. The van der Waals surface area contributed by atoms with E-state index in [4.69, 9.17) is 23.2 Å². The lowest BCUT2D eigenvalue weighted by Gasteiger charge is -2.26. The van der Waals surface area contributed by atoms with Gasteiger partial charge in [-0.25, -0.2) is 4.79 Å². The van der Waals surface area contributed by atoms with Gasteiger partial charge in [0.1, 0.15) is 5.82 Å². The standard InChI is InChI=1S/C22H18Cl2N4O4/c23-16-7-6-14(10-17(16)24)25-18(29)9-13-8-15-19(26-20(13)30)28(22(32)27-21(15)31)11-12-4-2-1-3-5-12/h1-7,10,13H,8-9,11H2,(H,25,29)(H,26,30)(H,27,31,32)/t13-/m0/s1. The van der Waals surface area contributed by atoms with Gasteiger partial charge in [0, 0.05) is 12.1 Å². The van der Waals surface area contributed by atoms with Crippen molar-refractivity contribution < 1.29 is 9.59 Å². The molecule has 1 aliphatic rings. The Morgan fingerprint density at radius 3 is 2.53 bits per heavy atom. The Labute approximate surface area is 192 Å². The van der Waals surface area contributed by atoms with Gasteiger partial charge in [0.25, 0.3) is 5.56 Å². The maximum absolute atomic E-state index is 12.7. The van der Waals surface area contributed by atoms with Crippen LogP contribution in [0.3, 0.4) is 0 Å². The number of aromatic amines is 1. The van der Waals surface area contributed by atoms with Gasteiger partial charge in [0.2, 0.25) is 11.8 Å². The molecule has 0 bridgehead atoms. The van der Waals surface area contributed by atoms with E-state index in [-0.39, 0.29) is 35.8 Å². The van der Waals surface area contributed by atoms with Crippen LogP contribution in [0, 0.1) is 5.92 Å². The Hall–Kier alpha value is -3.36. The summed E-state index contributed by atoms with van der Waals surface area (Å²) in [5, 5.41) is 5.96. The van der Waals surface area contributed by atoms with Crippen molar-refractivity contribution in [3.8, 4) is 0 Å². The summed E-state index contributed by atoms with van der Waals surface area (Å²) in [6.07, 6.45) is -0.122. The van der Waals surface area contributed by atoms with Crippen molar-refractivity contribution in [2.45, 2.75) is 19.4 Å². The second-order valence-corrected chi connectivity index (χ2v) is 8.24. The highest BCUT2D eigenvalue weighted by molar-refractivity contribution is 6.42. The number of rotatable bonds is 5. The molecule has 0 radical (unpaired) electrons. The average Bonchev–Trinajstić information content (AvgIpc) is 2.75. The summed E-state index contributed by atoms with van der Waals surface area (Å²) < 4.78 is 1.32. The molecule has 2 heterocycles.